The SMILES string of the molecule is Cc1cccc(COc2c(C=Nn3c(-c4cc5cc(Cl)ccc5o4)nc4ccccc4c3=O)cc(Br)cc2[N+](=O)[O-])c1. The Hall–Kier alpha value is -4.80. The monoisotopic (exact) mass is 642 g/mol. The molecule has 11 heteroatoms. The van der Waals surface area contributed by atoms with E-state index < -0.39 is 10.5 Å². The second-order valence-electron chi connectivity index (χ2n) is 9.48. The number of furan rings is 1. The fraction of sp³-hybridized carbons (Fsp3) is 0.0645. The van der Waals surface area contributed by atoms with Crippen LogP contribution in [0.5, 0.6) is 5.75 Å². The lowest BCUT2D eigenvalue weighted by molar-refractivity contribution is -0.386. The van der Waals surface area contributed by atoms with E-state index >= 15 is 0 Å². The molecule has 42 heavy (non-hydrogen) atoms. The van der Waals surface area contributed by atoms with Crippen LogP contribution in [0, 0.1) is 17.0 Å². The summed E-state index contributed by atoms with van der Waals surface area (Å²) in [6.45, 7) is 2.04. The van der Waals surface area contributed by atoms with Gasteiger partial charge < -0.3 is 9.15 Å². The van der Waals surface area contributed by atoms with Crippen molar-refractivity contribution in [2.45, 2.75) is 13.5 Å². The van der Waals surface area contributed by atoms with Gasteiger partial charge in [0.05, 0.1) is 22.0 Å². The number of halogens is 2. The van der Waals surface area contributed by atoms with E-state index in [1.807, 2.05) is 31.2 Å². The largest absolute Gasteiger partial charge is 0.481 e. The third-order valence-electron chi connectivity index (χ3n) is 6.49. The molecule has 208 valence electrons. The van der Waals surface area contributed by atoms with Gasteiger partial charge in [-0.3, -0.25) is 14.9 Å². The van der Waals surface area contributed by atoms with Gasteiger partial charge in [-0.2, -0.15) is 9.78 Å². The Kier molecular flexibility index (Phi) is 7.32. The van der Waals surface area contributed by atoms with E-state index in [0.29, 0.717) is 31.7 Å². The summed E-state index contributed by atoms with van der Waals surface area (Å²) in [5.41, 5.74) is 2.48. The molecule has 0 aliphatic rings. The summed E-state index contributed by atoms with van der Waals surface area (Å²) in [6, 6.07) is 24.4. The van der Waals surface area contributed by atoms with Crippen molar-refractivity contribution in [3.8, 4) is 17.3 Å². The number of para-hydroxylation sites is 1. The molecule has 0 radical (unpaired) electrons. The van der Waals surface area contributed by atoms with E-state index in [1.54, 1.807) is 54.6 Å². The van der Waals surface area contributed by atoms with Gasteiger partial charge >= 0.3 is 5.69 Å². The number of fused-ring (bicyclic) bond motifs is 2. The molecule has 0 atom stereocenters. The van der Waals surface area contributed by atoms with Gasteiger partial charge in [-0.05, 0) is 55.0 Å². The molecule has 0 aliphatic carbocycles. The first-order valence-electron chi connectivity index (χ1n) is 12.7. The summed E-state index contributed by atoms with van der Waals surface area (Å²) in [5, 5.41) is 18.1. The van der Waals surface area contributed by atoms with Crippen LogP contribution >= 0.6 is 27.5 Å². The zero-order valence-electron chi connectivity index (χ0n) is 22.0. The molecule has 0 spiro atoms. The summed E-state index contributed by atoms with van der Waals surface area (Å²) in [6.07, 6.45) is 1.34. The number of ether oxygens (including phenoxy) is 1. The Labute approximate surface area is 251 Å². The molecule has 0 saturated carbocycles. The number of aromatic nitrogens is 2. The zero-order chi connectivity index (χ0) is 29.4. The maximum absolute atomic E-state index is 13.7. The molecule has 0 amide bonds. The summed E-state index contributed by atoms with van der Waals surface area (Å²) in [7, 11) is 0. The molecular formula is C31H20BrClN4O5. The van der Waals surface area contributed by atoms with Crippen LogP contribution in [0.15, 0.2) is 104 Å². The number of nitro groups is 1. The predicted octanol–water partition coefficient (Wildman–Crippen LogP) is 7.90. The molecule has 2 heterocycles. The van der Waals surface area contributed by atoms with Crippen LogP contribution in [0.25, 0.3) is 33.5 Å². The standard InChI is InChI=1S/C31H20BrClN4O5/c1-18-5-4-6-19(11-18)17-41-29-21(12-22(32)15-26(29)37(39)40)16-34-36-30(35-25-8-3-2-7-24(25)31(36)38)28-14-20-13-23(33)9-10-27(20)42-28/h2-16H,17H2,1H3. The second-order valence-corrected chi connectivity index (χ2v) is 10.8. The van der Waals surface area contributed by atoms with Crippen molar-refractivity contribution in [1.29, 1.82) is 0 Å². The molecule has 0 unspecified atom stereocenters. The van der Waals surface area contributed by atoms with E-state index in [9.17, 15) is 14.9 Å². The van der Waals surface area contributed by atoms with Gasteiger partial charge in [0.25, 0.3) is 5.56 Å². The highest BCUT2D eigenvalue weighted by Gasteiger charge is 2.22. The van der Waals surface area contributed by atoms with Crippen molar-refractivity contribution < 1.29 is 14.1 Å². The minimum absolute atomic E-state index is 0.00943. The van der Waals surface area contributed by atoms with Gasteiger partial charge in [0.1, 0.15) is 12.2 Å². The van der Waals surface area contributed by atoms with E-state index in [1.165, 1.54) is 12.3 Å². The lowest BCUT2D eigenvalue weighted by Gasteiger charge is -2.11. The Morgan fingerprint density at radius 3 is 2.74 bits per heavy atom. The first-order chi connectivity index (χ1) is 20.3. The summed E-state index contributed by atoms with van der Waals surface area (Å²) in [4.78, 5) is 29.8. The predicted molar refractivity (Wildman–Crippen MR) is 166 cm³/mol. The molecule has 2 aromatic heterocycles. The van der Waals surface area contributed by atoms with Crippen LogP contribution in [-0.2, 0) is 6.61 Å². The Morgan fingerprint density at radius 2 is 1.93 bits per heavy atom. The quantitative estimate of drug-likeness (QED) is 0.0993. The highest BCUT2D eigenvalue weighted by Crippen LogP contribution is 2.35. The topological polar surface area (TPSA) is 113 Å². The average molecular weight is 644 g/mol. The lowest BCUT2D eigenvalue weighted by atomic mass is 10.1. The van der Waals surface area contributed by atoms with E-state index in [4.69, 9.17) is 20.8 Å². The molecule has 9 nitrogen and oxygen atoms in total. The van der Waals surface area contributed by atoms with Gasteiger partial charge in [0, 0.05) is 26.5 Å². The van der Waals surface area contributed by atoms with Gasteiger partial charge in [-0.15, -0.1) is 0 Å². The molecule has 4 aromatic carbocycles. The molecule has 0 bridgehead atoms. The average Bonchev–Trinajstić information content (AvgIpc) is 3.39. The summed E-state index contributed by atoms with van der Waals surface area (Å²) < 4.78 is 13.6. The lowest BCUT2D eigenvalue weighted by Crippen LogP contribution is -2.20. The number of nitrogens with zero attached hydrogens (tertiary/aromatic N) is 4. The van der Waals surface area contributed by atoms with E-state index in [2.05, 4.69) is 26.0 Å². The van der Waals surface area contributed by atoms with Crippen LogP contribution in [0.2, 0.25) is 5.02 Å². The Morgan fingerprint density at radius 1 is 1.10 bits per heavy atom. The smallest absolute Gasteiger partial charge is 0.312 e. The molecule has 6 aromatic rings. The first kappa shape index (κ1) is 27.4. The summed E-state index contributed by atoms with van der Waals surface area (Å²) in [5.74, 6) is 0.451. The van der Waals surface area contributed by atoms with Crippen molar-refractivity contribution in [2.24, 2.45) is 5.10 Å². The molecule has 0 saturated heterocycles. The summed E-state index contributed by atoms with van der Waals surface area (Å²) >= 11 is 9.50. The number of nitro benzene ring substituents is 1. The first-order valence-corrected chi connectivity index (χ1v) is 13.9. The van der Waals surface area contributed by atoms with Gasteiger partial charge in [-0.1, -0.05) is 69.5 Å². The fourth-order valence-electron chi connectivity index (χ4n) is 4.58. The zero-order valence-corrected chi connectivity index (χ0v) is 24.3. The van der Waals surface area contributed by atoms with Crippen molar-refractivity contribution >= 4 is 61.3 Å². The van der Waals surface area contributed by atoms with E-state index in [0.717, 1.165) is 21.2 Å². The van der Waals surface area contributed by atoms with E-state index in [-0.39, 0.29) is 29.4 Å². The van der Waals surface area contributed by atoms with Crippen molar-refractivity contribution in [3.63, 3.8) is 0 Å². The van der Waals surface area contributed by atoms with Crippen molar-refractivity contribution in [3.05, 3.63) is 132 Å². The third kappa shape index (κ3) is 5.41. The normalized spacial score (nSPS) is 11.5. The van der Waals surface area contributed by atoms with Crippen molar-refractivity contribution in [1.82, 2.24) is 9.66 Å². The van der Waals surface area contributed by atoms with Crippen LogP contribution < -0.4 is 10.3 Å². The molecular weight excluding hydrogens is 624 g/mol. The Balaban J connectivity index is 1.50. The van der Waals surface area contributed by atoms with Crippen LogP contribution in [0.3, 0.4) is 0 Å². The molecule has 0 fully saturated rings. The number of benzene rings is 4. The maximum Gasteiger partial charge on any atom is 0.312 e. The number of aryl methyl sites for hydroxylation is 1. The van der Waals surface area contributed by atoms with Crippen LogP contribution in [-0.4, -0.2) is 20.8 Å². The molecule has 0 aliphatic heterocycles. The Bertz CT molecular complexity index is 2100. The molecule has 6 rings (SSSR count). The minimum Gasteiger partial charge on any atom is -0.481 e. The highest BCUT2D eigenvalue weighted by molar-refractivity contribution is 9.10. The third-order valence-corrected chi connectivity index (χ3v) is 7.18. The number of rotatable bonds is 7. The minimum atomic E-state index is -0.525. The van der Waals surface area contributed by atoms with Crippen LogP contribution in [0.4, 0.5) is 5.69 Å². The second kappa shape index (κ2) is 11.2. The van der Waals surface area contributed by atoms with Gasteiger partial charge in [0.2, 0.25) is 11.6 Å². The molecule has 0 N–H and O–H groups in total. The van der Waals surface area contributed by atoms with Crippen LogP contribution in [0.1, 0.15) is 16.7 Å². The highest BCUT2D eigenvalue weighted by atomic mass is 79.9. The van der Waals surface area contributed by atoms with Gasteiger partial charge in [-0.25, -0.2) is 4.98 Å². The fourth-order valence-corrected chi connectivity index (χ4v) is 5.22. The number of hydrogen-bond acceptors (Lipinski definition) is 7. The van der Waals surface area contributed by atoms with Crippen molar-refractivity contribution in [2.75, 3.05) is 0 Å². The maximum atomic E-state index is 13.7. The van der Waals surface area contributed by atoms with Gasteiger partial charge in [0.15, 0.2) is 5.76 Å². The number of hydrogen-bond donors (Lipinski definition) is 0.